The van der Waals surface area contributed by atoms with E-state index in [2.05, 4.69) is 37.1 Å². The van der Waals surface area contributed by atoms with E-state index in [-0.39, 0.29) is 5.56 Å². The number of hydrogen-bond donors (Lipinski definition) is 2. The van der Waals surface area contributed by atoms with E-state index >= 15 is 0 Å². The van der Waals surface area contributed by atoms with Gasteiger partial charge in [-0.05, 0) is 92.5 Å². The fraction of sp³-hybridized carbons (Fsp3) is 0.371. The van der Waals surface area contributed by atoms with E-state index in [0.717, 1.165) is 50.9 Å². The van der Waals surface area contributed by atoms with Crippen LogP contribution in [0.5, 0.6) is 0 Å². The van der Waals surface area contributed by atoms with Crippen LogP contribution in [-0.4, -0.2) is 45.6 Å². The lowest BCUT2D eigenvalue weighted by Crippen LogP contribution is -2.40. The SMILES string of the molecule is Cc1c(-c2ccc3c(ncn3-c3ccc(Nc4nc5ccccc5s4)nn3)c2C(=O)O)cnn1CC12CC3CCC(CC(C3)C1)C2. The number of thiazole rings is 1. The van der Waals surface area contributed by atoms with Gasteiger partial charge in [0.05, 0.1) is 27.5 Å². The Labute approximate surface area is 269 Å². The molecule has 2 unspecified atom stereocenters. The van der Waals surface area contributed by atoms with E-state index in [0.29, 0.717) is 33.6 Å². The van der Waals surface area contributed by atoms with Gasteiger partial charge in [-0.15, -0.1) is 10.2 Å². The molecule has 2 aromatic carbocycles. The van der Waals surface area contributed by atoms with Gasteiger partial charge < -0.3 is 10.4 Å². The average Bonchev–Trinajstić information content (AvgIpc) is 3.71. The first-order chi connectivity index (χ1) is 22.4. The molecule has 10 nitrogen and oxygen atoms in total. The smallest absolute Gasteiger partial charge is 0.338 e. The zero-order chi connectivity index (χ0) is 31.0. The summed E-state index contributed by atoms with van der Waals surface area (Å²) in [6, 6.07) is 15.4. The van der Waals surface area contributed by atoms with Crippen molar-refractivity contribution in [2.75, 3.05) is 5.32 Å². The lowest BCUT2D eigenvalue weighted by molar-refractivity contribution is 0.0169. The van der Waals surface area contributed by atoms with Gasteiger partial charge in [-0.1, -0.05) is 42.4 Å². The van der Waals surface area contributed by atoms with E-state index in [9.17, 15) is 9.90 Å². The van der Waals surface area contributed by atoms with Gasteiger partial charge in [-0.3, -0.25) is 9.25 Å². The van der Waals surface area contributed by atoms with Gasteiger partial charge in [-0.2, -0.15) is 5.10 Å². The van der Waals surface area contributed by atoms with Crippen molar-refractivity contribution in [3.05, 3.63) is 72.3 Å². The van der Waals surface area contributed by atoms with Crippen LogP contribution < -0.4 is 5.32 Å². The molecule has 6 aromatic rings. The molecule has 46 heavy (non-hydrogen) atoms. The summed E-state index contributed by atoms with van der Waals surface area (Å²) in [7, 11) is 0. The van der Waals surface area contributed by atoms with Crippen molar-refractivity contribution in [3.8, 4) is 16.9 Å². The third-order valence-corrected chi connectivity index (χ3v) is 11.7. The van der Waals surface area contributed by atoms with Crippen LogP contribution in [0.3, 0.4) is 0 Å². The number of nitrogens with zero attached hydrogens (tertiary/aromatic N) is 7. The summed E-state index contributed by atoms with van der Waals surface area (Å²) in [4.78, 5) is 22.0. The molecule has 10 rings (SSSR count). The Bertz CT molecular complexity index is 2080. The number of rotatable bonds is 7. The molecule has 0 radical (unpaired) electrons. The maximum atomic E-state index is 12.8. The van der Waals surface area contributed by atoms with Gasteiger partial charge in [-0.25, -0.2) is 14.8 Å². The molecule has 4 bridgehead atoms. The van der Waals surface area contributed by atoms with E-state index < -0.39 is 5.97 Å². The molecule has 4 aliphatic carbocycles. The number of imidazole rings is 1. The number of nitrogens with one attached hydrogen (secondary N) is 1. The maximum absolute atomic E-state index is 12.8. The van der Waals surface area contributed by atoms with E-state index in [1.165, 1.54) is 44.9 Å². The Hall–Kier alpha value is -4.64. The number of aromatic carboxylic acids is 1. The Kier molecular flexibility index (Phi) is 6.28. The minimum atomic E-state index is -1.02. The lowest BCUT2D eigenvalue weighted by Gasteiger charge is -2.48. The molecule has 0 spiro atoms. The Morgan fingerprint density at radius 3 is 2.57 bits per heavy atom. The summed E-state index contributed by atoms with van der Waals surface area (Å²) in [5, 5.41) is 28.0. The lowest BCUT2D eigenvalue weighted by atomic mass is 9.58. The van der Waals surface area contributed by atoms with Crippen LogP contribution in [0, 0.1) is 30.1 Å². The fourth-order valence-electron chi connectivity index (χ4n) is 9.01. The topological polar surface area (TPSA) is 124 Å². The Balaban J connectivity index is 1.01. The van der Waals surface area contributed by atoms with Crippen molar-refractivity contribution >= 4 is 49.5 Å². The number of carboxylic acids is 1. The molecule has 11 heteroatoms. The molecule has 4 saturated carbocycles. The molecule has 0 aliphatic heterocycles. The number of fused-ring (bicyclic) bond motifs is 3. The predicted octanol–water partition coefficient (Wildman–Crippen LogP) is 7.65. The average molecular weight is 631 g/mol. The molecule has 0 saturated heterocycles. The largest absolute Gasteiger partial charge is 0.478 e. The maximum Gasteiger partial charge on any atom is 0.338 e. The summed E-state index contributed by atoms with van der Waals surface area (Å²) in [6.07, 6.45) is 13.0. The number of para-hydroxylation sites is 1. The zero-order valence-corrected chi connectivity index (χ0v) is 26.4. The highest BCUT2D eigenvalue weighted by Crippen LogP contribution is 2.58. The normalized spacial score (nSPS) is 23.7. The van der Waals surface area contributed by atoms with Gasteiger partial charge in [0, 0.05) is 23.4 Å². The third kappa shape index (κ3) is 4.59. The van der Waals surface area contributed by atoms with Crippen molar-refractivity contribution in [1.82, 2.24) is 34.5 Å². The predicted molar refractivity (Wildman–Crippen MR) is 178 cm³/mol. The molecule has 2 atom stereocenters. The highest BCUT2D eigenvalue weighted by molar-refractivity contribution is 7.22. The van der Waals surface area contributed by atoms with E-state index in [1.807, 2.05) is 54.7 Å². The summed E-state index contributed by atoms with van der Waals surface area (Å²) in [5.74, 6) is 2.66. The van der Waals surface area contributed by atoms with E-state index in [4.69, 9.17) is 5.10 Å². The first-order valence-corrected chi connectivity index (χ1v) is 17.0. The van der Waals surface area contributed by atoms with Gasteiger partial charge in [0.15, 0.2) is 16.8 Å². The van der Waals surface area contributed by atoms with Gasteiger partial charge in [0.1, 0.15) is 11.8 Å². The molecule has 232 valence electrons. The van der Waals surface area contributed by atoms with Crippen molar-refractivity contribution in [3.63, 3.8) is 0 Å². The second-order valence-corrected chi connectivity index (χ2v) is 14.8. The molecule has 4 heterocycles. The van der Waals surface area contributed by atoms with Crippen molar-refractivity contribution < 1.29 is 9.90 Å². The number of carbonyl (C=O) groups is 1. The van der Waals surface area contributed by atoms with Crippen molar-refractivity contribution in [2.45, 2.75) is 58.4 Å². The van der Waals surface area contributed by atoms with Crippen LogP contribution in [0.4, 0.5) is 10.9 Å². The van der Waals surface area contributed by atoms with Crippen LogP contribution in [0.2, 0.25) is 0 Å². The van der Waals surface area contributed by atoms with Crippen LogP contribution in [-0.2, 0) is 6.54 Å². The number of carboxylic acid groups (broad SMARTS) is 1. The number of aromatic nitrogens is 7. The van der Waals surface area contributed by atoms with Gasteiger partial charge in [0.2, 0.25) is 0 Å². The second kappa shape index (κ2) is 10.4. The minimum Gasteiger partial charge on any atom is -0.478 e. The molecular formula is C35H34N8O2S. The Morgan fingerprint density at radius 1 is 1.00 bits per heavy atom. The van der Waals surface area contributed by atoms with Gasteiger partial charge >= 0.3 is 5.97 Å². The molecule has 2 N–H and O–H groups in total. The highest BCUT2D eigenvalue weighted by Gasteiger charge is 2.48. The third-order valence-electron chi connectivity index (χ3n) is 10.7. The summed E-state index contributed by atoms with van der Waals surface area (Å²) in [6.45, 7) is 2.99. The molecule has 4 aliphatic rings. The second-order valence-electron chi connectivity index (χ2n) is 13.7. The summed E-state index contributed by atoms with van der Waals surface area (Å²) >= 11 is 1.55. The van der Waals surface area contributed by atoms with Crippen LogP contribution in [0.25, 0.3) is 38.2 Å². The monoisotopic (exact) mass is 630 g/mol. The number of anilines is 2. The standard InChI is InChI=1S/C35H34N8O2S/c1-20-25(17-37-43(20)18-35-14-21-6-7-22(15-35)13-23(12-21)16-35)24-8-9-27-32(31(24)33(44)45)36-19-42(27)30-11-10-29(40-41-30)39-34-38-26-4-2-3-5-28(26)46-34/h2-5,8-11,17,19,21-23H,6-7,12-16,18H2,1H3,(H,44,45)(H,38,39,40). The van der Waals surface area contributed by atoms with Crippen LogP contribution in [0.1, 0.15) is 61.0 Å². The molecule has 0 amide bonds. The summed E-state index contributed by atoms with van der Waals surface area (Å²) < 4.78 is 5.01. The highest BCUT2D eigenvalue weighted by atomic mass is 32.1. The Morgan fingerprint density at radius 2 is 1.80 bits per heavy atom. The zero-order valence-electron chi connectivity index (χ0n) is 25.6. The molecule has 4 fully saturated rings. The minimum absolute atomic E-state index is 0.174. The molecular weight excluding hydrogens is 597 g/mol. The van der Waals surface area contributed by atoms with Gasteiger partial charge in [0.25, 0.3) is 0 Å². The number of hydrogen-bond acceptors (Lipinski definition) is 8. The fourth-order valence-corrected chi connectivity index (χ4v) is 9.89. The summed E-state index contributed by atoms with van der Waals surface area (Å²) in [5.41, 5.74) is 4.98. The molecule has 4 aromatic heterocycles. The quantitative estimate of drug-likeness (QED) is 0.184. The van der Waals surface area contributed by atoms with Crippen LogP contribution in [0.15, 0.2) is 61.1 Å². The van der Waals surface area contributed by atoms with Crippen LogP contribution >= 0.6 is 11.3 Å². The first kappa shape index (κ1) is 27.7. The van der Waals surface area contributed by atoms with E-state index in [1.54, 1.807) is 22.2 Å². The first-order valence-electron chi connectivity index (χ1n) is 16.1. The van der Waals surface area contributed by atoms with Crippen molar-refractivity contribution in [2.24, 2.45) is 23.2 Å². The number of benzene rings is 2. The van der Waals surface area contributed by atoms with Crippen molar-refractivity contribution in [1.29, 1.82) is 0 Å².